The van der Waals surface area contributed by atoms with E-state index in [0.29, 0.717) is 6.42 Å². The number of aliphatic carboxylic acids is 1. The summed E-state index contributed by atoms with van der Waals surface area (Å²) < 4.78 is 0. The Labute approximate surface area is 139 Å². The molecule has 1 atom stereocenters. The second-order valence-electron chi connectivity index (χ2n) is 5.78. The van der Waals surface area contributed by atoms with Crippen LogP contribution in [0.15, 0.2) is 36.4 Å². The fraction of sp³-hybridized carbons (Fsp3) is 0.450. The number of aliphatic hydroxyl groups is 1. The molecule has 0 heterocycles. The van der Waals surface area contributed by atoms with Gasteiger partial charge in [0.05, 0.1) is 6.10 Å². The minimum absolute atomic E-state index is 0.217. The van der Waals surface area contributed by atoms with Crippen LogP contribution >= 0.6 is 0 Å². The number of hydrogen-bond acceptors (Lipinski definition) is 2. The summed E-state index contributed by atoms with van der Waals surface area (Å²) in [4.78, 5) is 10.4. The molecule has 1 aromatic carbocycles. The van der Waals surface area contributed by atoms with E-state index in [4.69, 9.17) is 5.11 Å². The quantitative estimate of drug-likeness (QED) is 0.570. The second kappa shape index (κ2) is 11.7. The largest absolute Gasteiger partial charge is 0.481 e. The van der Waals surface area contributed by atoms with E-state index in [1.807, 2.05) is 48.6 Å². The first-order chi connectivity index (χ1) is 11.1. The van der Waals surface area contributed by atoms with Crippen LogP contribution in [0.1, 0.15) is 63.0 Å². The van der Waals surface area contributed by atoms with E-state index >= 15 is 0 Å². The van der Waals surface area contributed by atoms with E-state index in [1.165, 1.54) is 12.8 Å². The average molecular weight is 316 g/mol. The first kappa shape index (κ1) is 19.2. The fourth-order valence-corrected chi connectivity index (χ4v) is 2.23. The molecule has 0 aliphatic rings. The van der Waals surface area contributed by atoms with E-state index in [0.717, 1.165) is 30.4 Å². The zero-order chi connectivity index (χ0) is 16.9. The number of benzene rings is 1. The maximum absolute atomic E-state index is 10.4. The number of carbonyl (C=O) groups is 1. The van der Waals surface area contributed by atoms with Gasteiger partial charge in [0.2, 0.25) is 0 Å². The number of aliphatic hydroxyl groups excluding tert-OH is 1. The molecule has 0 aliphatic heterocycles. The maximum Gasteiger partial charge on any atom is 0.303 e. The fourth-order valence-electron chi connectivity index (χ4n) is 2.23. The molecule has 0 bridgehead atoms. The summed E-state index contributed by atoms with van der Waals surface area (Å²) in [6.45, 7) is 2.16. The third kappa shape index (κ3) is 9.69. The maximum atomic E-state index is 10.4. The molecule has 1 rings (SSSR count). The highest BCUT2D eigenvalue weighted by molar-refractivity contribution is 5.66. The number of carboxylic acid groups (broad SMARTS) is 1. The van der Waals surface area contributed by atoms with E-state index in [2.05, 4.69) is 6.92 Å². The van der Waals surface area contributed by atoms with E-state index < -0.39 is 5.97 Å². The van der Waals surface area contributed by atoms with Gasteiger partial charge in [-0.15, -0.1) is 0 Å². The molecule has 2 N–H and O–H groups in total. The Balaban J connectivity index is 2.37. The van der Waals surface area contributed by atoms with Crippen LogP contribution in [0, 0.1) is 0 Å². The number of unbranched alkanes of at least 4 members (excludes halogenated alkanes) is 3. The van der Waals surface area contributed by atoms with Crippen molar-refractivity contribution < 1.29 is 15.0 Å². The SMILES string of the molecule is CCCCCC(O)/C=C/c1ccc(/C=C/CCCC(=O)O)cc1. The van der Waals surface area contributed by atoms with Crippen LogP contribution in [-0.2, 0) is 4.79 Å². The van der Waals surface area contributed by atoms with Gasteiger partial charge in [0, 0.05) is 6.42 Å². The lowest BCUT2D eigenvalue weighted by Crippen LogP contribution is -2.00. The Morgan fingerprint density at radius 3 is 2.35 bits per heavy atom. The summed E-state index contributed by atoms with van der Waals surface area (Å²) in [6, 6.07) is 8.09. The standard InChI is InChI=1S/C20H28O3/c1-2-3-5-9-19(21)16-15-18-13-11-17(12-14-18)8-6-4-7-10-20(22)23/h6,8,11-16,19,21H,2-5,7,9-10H2,1H3,(H,22,23)/b8-6+,16-15+. The lowest BCUT2D eigenvalue weighted by atomic mass is 10.1. The number of carboxylic acids is 1. The van der Waals surface area contributed by atoms with Crippen LogP contribution in [0.5, 0.6) is 0 Å². The third-order valence-electron chi connectivity index (χ3n) is 3.62. The third-order valence-corrected chi connectivity index (χ3v) is 3.62. The van der Waals surface area contributed by atoms with Crippen LogP contribution in [0.3, 0.4) is 0 Å². The molecule has 0 spiro atoms. The number of rotatable bonds is 11. The normalized spacial score (nSPS) is 13.0. The topological polar surface area (TPSA) is 57.5 Å². The lowest BCUT2D eigenvalue weighted by Gasteiger charge is -2.04. The van der Waals surface area contributed by atoms with Gasteiger partial charge in [-0.2, -0.15) is 0 Å². The molecule has 0 amide bonds. The molecule has 126 valence electrons. The molecule has 3 heteroatoms. The van der Waals surface area contributed by atoms with Gasteiger partial charge in [0.15, 0.2) is 0 Å². The first-order valence-electron chi connectivity index (χ1n) is 8.46. The lowest BCUT2D eigenvalue weighted by molar-refractivity contribution is -0.137. The summed E-state index contributed by atoms with van der Waals surface area (Å²) in [5.41, 5.74) is 2.17. The van der Waals surface area contributed by atoms with E-state index in [-0.39, 0.29) is 12.5 Å². The highest BCUT2D eigenvalue weighted by atomic mass is 16.4. The van der Waals surface area contributed by atoms with Gasteiger partial charge in [-0.3, -0.25) is 4.79 Å². The average Bonchev–Trinajstić information content (AvgIpc) is 2.54. The van der Waals surface area contributed by atoms with Crippen LogP contribution in [0.4, 0.5) is 0 Å². The van der Waals surface area contributed by atoms with Crippen LogP contribution in [0.25, 0.3) is 12.2 Å². The van der Waals surface area contributed by atoms with Crippen molar-refractivity contribution in [1.82, 2.24) is 0 Å². The molecular formula is C20H28O3. The summed E-state index contributed by atoms with van der Waals surface area (Å²) >= 11 is 0. The molecule has 0 aromatic heterocycles. The van der Waals surface area contributed by atoms with Crippen molar-refractivity contribution in [1.29, 1.82) is 0 Å². The van der Waals surface area contributed by atoms with E-state index in [1.54, 1.807) is 0 Å². The van der Waals surface area contributed by atoms with Gasteiger partial charge in [-0.25, -0.2) is 0 Å². The summed E-state index contributed by atoms with van der Waals surface area (Å²) in [6.07, 6.45) is 13.3. The van der Waals surface area contributed by atoms with Gasteiger partial charge in [0.25, 0.3) is 0 Å². The first-order valence-corrected chi connectivity index (χ1v) is 8.46. The van der Waals surface area contributed by atoms with Crippen molar-refractivity contribution in [3.8, 4) is 0 Å². The molecular weight excluding hydrogens is 288 g/mol. The molecule has 3 nitrogen and oxygen atoms in total. The number of hydrogen-bond donors (Lipinski definition) is 2. The minimum Gasteiger partial charge on any atom is -0.481 e. The van der Waals surface area contributed by atoms with Crippen molar-refractivity contribution in [2.24, 2.45) is 0 Å². The van der Waals surface area contributed by atoms with Crippen LogP contribution in [-0.4, -0.2) is 22.3 Å². The van der Waals surface area contributed by atoms with Crippen molar-refractivity contribution >= 4 is 18.1 Å². The predicted octanol–water partition coefficient (Wildman–Crippen LogP) is 4.91. The number of allylic oxidation sites excluding steroid dienone is 1. The molecule has 0 fully saturated rings. The molecule has 0 saturated heterocycles. The molecule has 0 radical (unpaired) electrons. The van der Waals surface area contributed by atoms with Crippen molar-refractivity contribution in [2.75, 3.05) is 0 Å². The Morgan fingerprint density at radius 1 is 1.09 bits per heavy atom. The predicted molar refractivity (Wildman–Crippen MR) is 96.1 cm³/mol. The molecule has 23 heavy (non-hydrogen) atoms. The van der Waals surface area contributed by atoms with Crippen LogP contribution < -0.4 is 0 Å². The molecule has 1 aromatic rings. The Hall–Kier alpha value is -1.87. The van der Waals surface area contributed by atoms with Gasteiger partial charge in [0.1, 0.15) is 0 Å². The second-order valence-corrected chi connectivity index (χ2v) is 5.78. The van der Waals surface area contributed by atoms with Gasteiger partial charge in [-0.1, -0.05) is 74.8 Å². The highest BCUT2D eigenvalue weighted by Crippen LogP contribution is 2.11. The zero-order valence-electron chi connectivity index (χ0n) is 13.9. The summed E-state index contributed by atoms with van der Waals surface area (Å²) in [5, 5.41) is 18.4. The van der Waals surface area contributed by atoms with Crippen LogP contribution in [0.2, 0.25) is 0 Å². The zero-order valence-corrected chi connectivity index (χ0v) is 13.9. The Kier molecular flexibility index (Phi) is 9.73. The molecule has 1 unspecified atom stereocenters. The summed E-state index contributed by atoms with van der Waals surface area (Å²) in [7, 11) is 0. The van der Waals surface area contributed by atoms with Crippen molar-refractivity contribution in [3.05, 3.63) is 47.5 Å². The van der Waals surface area contributed by atoms with Crippen molar-refractivity contribution in [2.45, 2.75) is 58.0 Å². The monoisotopic (exact) mass is 316 g/mol. The van der Waals surface area contributed by atoms with Crippen molar-refractivity contribution in [3.63, 3.8) is 0 Å². The summed E-state index contributed by atoms with van der Waals surface area (Å²) in [5.74, 6) is -0.744. The van der Waals surface area contributed by atoms with Gasteiger partial charge in [-0.05, 0) is 30.4 Å². The van der Waals surface area contributed by atoms with E-state index in [9.17, 15) is 9.90 Å². The molecule has 0 saturated carbocycles. The Morgan fingerprint density at radius 2 is 1.74 bits per heavy atom. The van der Waals surface area contributed by atoms with Gasteiger partial charge >= 0.3 is 5.97 Å². The van der Waals surface area contributed by atoms with Gasteiger partial charge < -0.3 is 10.2 Å². The minimum atomic E-state index is -0.744. The highest BCUT2D eigenvalue weighted by Gasteiger charge is 1.98. The molecule has 0 aliphatic carbocycles. The smallest absolute Gasteiger partial charge is 0.303 e. The Bertz CT molecular complexity index is 500.